The number of hydrogen-bond acceptors (Lipinski definition) is 5. The van der Waals surface area contributed by atoms with Gasteiger partial charge in [-0.25, -0.2) is 0 Å². The van der Waals surface area contributed by atoms with Crippen LogP contribution in [-0.2, 0) is 14.3 Å². The molecule has 6 nitrogen and oxygen atoms in total. The number of carbonyl (C=O) groups excluding carboxylic acids is 2. The minimum absolute atomic E-state index is 0.00296. The summed E-state index contributed by atoms with van der Waals surface area (Å²) in [4.78, 5) is 24.6. The van der Waals surface area contributed by atoms with Crippen molar-refractivity contribution in [2.45, 2.75) is 366 Å². The molecule has 0 saturated carbocycles. The fraction of sp³-hybridized carbons (Fsp3) is 0.881. The normalized spacial score (nSPS) is 12.8. The summed E-state index contributed by atoms with van der Waals surface area (Å²) in [6.45, 7) is 4.95. The molecule has 0 aromatic heterocycles. The highest BCUT2D eigenvalue weighted by Crippen LogP contribution is 2.18. The number of amides is 1. The predicted molar refractivity (Wildman–Crippen MR) is 319 cm³/mol. The van der Waals surface area contributed by atoms with Crippen LogP contribution in [0.15, 0.2) is 36.5 Å². The lowest BCUT2D eigenvalue weighted by Crippen LogP contribution is -2.45. The summed E-state index contributed by atoms with van der Waals surface area (Å²) >= 11 is 0. The number of aliphatic hydroxyl groups is 2. The molecule has 0 spiro atoms. The van der Waals surface area contributed by atoms with Crippen LogP contribution in [0.4, 0.5) is 0 Å². The second-order valence-electron chi connectivity index (χ2n) is 22.4. The van der Waals surface area contributed by atoms with Crippen molar-refractivity contribution in [2.24, 2.45) is 0 Å². The molecule has 6 heteroatoms. The third kappa shape index (κ3) is 59.2. The summed E-state index contributed by atoms with van der Waals surface area (Å²) < 4.78 is 5.49. The molecule has 0 saturated heterocycles. The quantitative estimate of drug-likeness (QED) is 0.0320. The average molecular weight is 1030 g/mol. The fourth-order valence-electron chi connectivity index (χ4n) is 10.1. The van der Waals surface area contributed by atoms with Crippen molar-refractivity contribution in [3.8, 4) is 0 Å². The van der Waals surface area contributed by atoms with Gasteiger partial charge < -0.3 is 20.3 Å². The maximum absolute atomic E-state index is 12.5. The number of esters is 1. The van der Waals surface area contributed by atoms with Crippen LogP contribution in [0.5, 0.6) is 0 Å². The number of aliphatic hydroxyl groups excluding tert-OH is 2. The van der Waals surface area contributed by atoms with Crippen LogP contribution < -0.4 is 5.32 Å². The Balaban J connectivity index is 3.41. The first-order chi connectivity index (χ1) is 36.0. The molecule has 430 valence electrons. The first kappa shape index (κ1) is 71.1. The van der Waals surface area contributed by atoms with Crippen LogP contribution in [-0.4, -0.2) is 47.4 Å². The monoisotopic (exact) mass is 1030 g/mol. The molecule has 2 atom stereocenters. The molecule has 1 amide bonds. The molecule has 0 aromatic carbocycles. The maximum Gasteiger partial charge on any atom is 0.305 e. The SMILES string of the molecule is CCCCCC/C=C\C/C=C\CCCCCCCCCC(=O)OCCCCCCCCCCCCC/C=C\CCCCCCCCCC(=O)NC(CO)C(O)CCCCCCCCCCCCCCCCCC. The van der Waals surface area contributed by atoms with E-state index in [1.165, 1.54) is 270 Å². The van der Waals surface area contributed by atoms with Gasteiger partial charge in [0.25, 0.3) is 0 Å². The molecule has 0 heterocycles. The highest BCUT2D eigenvalue weighted by Gasteiger charge is 2.20. The highest BCUT2D eigenvalue weighted by atomic mass is 16.5. The van der Waals surface area contributed by atoms with Crippen LogP contribution in [0.1, 0.15) is 354 Å². The summed E-state index contributed by atoms with van der Waals surface area (Å²) in [5.41, 5.74) is 0. The van der Waals surface area contributed by atoms with E-state index in [-0.39, 0.29) is 18.5 Å². The number of hydrogen-bond donors (Lipinski definition) is 3. The Kier molecular flexibility index (Phi) is 61.0. The Morgan fingerprint density at radius 1 is 0.384 bits per heavy atom. The van der Waals surface area contributed by atoms with Gasteiger partial charge in [0.1, 0.15) is 0 Å². The van der Waals surface area contributed by atoms with Gasteiger partial charge in [0.15, 0.2) is 0 Å². The summed E-state index contributed by atoms with van der Waals surface area (Å²) in [5, 5.41) is 23.3. The van der Waals surface area contributed by atoms with Crippen molar-refractivity contribution in [2.75, 3.05) is 13.2 Å². The van der Waals surface area contributed by atoms with Gasteiger partial charge in [0, 0.05) is 12.8 Å². The van der Waals surface area contributed by atoms with Gasteiger partial charge in [-0.3, -0.25) is 9.59 Å². The number of ether oxygens (including phenoxy) is 1. The Hall–Kier alpha value is -1.92. The number of unbranched alkanes of at least 4 members (excludes halogenated alkanes) is 44. The Morgan fingerprint density at radius 2 is 0.685 bits per heavy atom. The second kappa shape index (κ2) is 62.6. The van der Waals surface area contributed by atoms with Gasteiger partial charge in [-0.05, 0) is 83.5 Å². The van der Waals surface area contributed by atoms with E-state index in [1.807, 2.05) is 0 Å². The van der Waals surface area contributed by atoms with Crippen LogP contribution in [0, 0.1) is 0 Å². The van der Waals surface area contributed by atoms with Crippen LogP contribution >= 0.6 is 0 Å². The fourth-order valence-corrected chi connectivity index (χ4v) is 10.1. The zero-order valence-electron chi connectivity index (χ0n) is 49.1. The van der Waals surface area contributed by atoms with E-state index in [4.69, 9.17) is 4.74 Å². The molecule has 3 N–H and O–H groups in total. The van der Waals surface area contributed by atoms with Gasteiger partial charge in [0.05, 0.1) is 25.4 Å². The van der Waals surface area contributed by atoms with E-state index in [0.29, 0.717) is 25.9 Å². The van der Waals surface area contributed by atoms with E-state index in [1.54, 1.807) is 0 Å². The summed E-state index contributed by atoms with van der Waals surface area (Å²) in [5.74, 6) is -0.0371. The molecule has 0 rings (SSSR count). The minimum Gasteiger partial charge on any atom is -0.466 e. The van der Waals surface area contributed by atoms with E-state index in [0.717, 1.165) is 51.4 Å². The highest BCUT2D eigenvalue weighted by molar-refractivity contribution is 5.76. The molecule has 2 unspecified atom stereocenters. The lowest BCUT2D eigenvalue weighted by Gasteiger charge is -2.22. The number of allylic oxidation sites excluding steroid dienone is 6. The van der Waals surface area contributed by atoms with Crippen LogP contribution in [0.3, 0.4) is 0 Å². The molecule has 73 heavy (non-hydrogen) atoms. The lowest BCUT2D eigenvalue weighted by molar-refractivity contribution is -0.143. The van der Waals surface area contributed by atoms with Gasteiger partial charge in [-0.2, -0.15) is 0 Å². The summed E-state index contributed by atoms with van der Waals surface area (Å²) in [7, 11) is 0. The average Bonchev–Trinajstić information content (AvgIpc) is 3.39. The van der Waals surface area contributed by atoms with Crippen molar-refractivity contribution < 1.29 is 24.5 Å². The van der Waals surface area contributed by atoms with Crippen molar-refractivity contribution in [3.05, 3.63) is 36.5 Å². The molecule has 0 aromatic rings. The molecule has 0 aliphatic carbocycles. The second-order valence-corrected chi connectivity index (χ2v) is 22.4. The van der Waals surface area contributed by atoms with E-state index in [9.17, 15) is 19.8 Å². The molecule has 0 aliphatic rings. The van der Waals surface area contributed by atoms with Crippen LogP contribution in [0.2, 0.25) is 0 Å². The number of nitrogens with one attached hydrogen (secondary N) is 1. The van der Waals surface area contributed by atoms with E-state index >= 15 is 0 Å². The standard InChI is InChI=1S/C67H127NO5/c1-3-5-7-9-11-13-15-17-19-21-29-33-37-41-45-49-53-57-61-67(72)73-62-58-54-50-46-42-38-34-30-27-25-23-22-24-26-28-32-36-40-44-48-52-56-60-66(71)68-64(63-69)65(70)59-55-51-47-43-39-35-31-20-18-16-14-12-10-8-6-4-2/h13,15,19,21,24,26,64-65,69-70H,3-12,14,16-18,20,22-23,25,27-63H2,1-2H3,(H,68,71)/b15-13-,21-19-,26-24-. The Labute approximate surface area is 455 Å². The molecule has 0 fully saturated rings. The number of rotatable bonds is 61. The van der Waals surface area contributed by atoms with E-state index in [2.05, 4.69) is 55.6 Å². The lowest BCUT2D eigenvalue weighted by atomic mass is 10.0. The Morgan fingerprint density at radius 3 is 1.07 bits per heavy atom. The van der Waals surface area contributed by atoms with Crippen molar-refractivity contribution in [1.82, 2.24) is 5.32 Å². The molecular formula is C67H127NO5. The van der Waals surface area contributed by atoms with Gasteiger partial charge >= 0.3 is 5.97 Å². The van der Waals surface area contributed by atoms with Crippen LogP contribution in [0.25, 0.3) is 0 Å². The van der Waals surface area contributed by atoms with Crippen molar-refractivity contribution in [3.63, 3.8) is 0 Å². The molecular weight excluding hydrogens is 899 g/mol. The third-order valence-electron chi connectivity index (χ3n) is 15.2. The Bertz CT molecular complexity index is 1180. The van der Waals surface area contributed by atoms with Gasteiger partial charge in [-0.15, -0.1) is 0 Å². The molecule has 0 bridgehead atoms. The molecule has 0 aliphatic heterocycles. The zero-order chi connectivity index (χ0) is 52.9. The maximum atomic E-state index is 12.5. The minimum atomic E-state index is -0.669. The van der Waals surface area contributed by atoms with Crippen molar-refractivity contribution in [1.29, 1.82) is 0 Å². The first-order valence-electron chi connectivity index (χ1n) is 32.7. The van der Waals surface area contributed by atoms with E-state index < -0.39 is 12.1 Å². The van der Waals surface area contributed by atoms with Gasteiger partial charge in [-0.1, -0.05) is 294 Å². The summed E-state index contributed by atoms with van der Waals surface area (Å²) in [6.07, 6.45) is 78.7. The first-order valence-corrected chi connectivity index (χ1v) is 32.7. The predicted octanol–water partition coefficient (Wildman–Crippen LogP) is 20.8. The van der Waals surface area contributed by atoms with Gasteiger partial charge in [0.2, 0.25) is 5.91 Å². The number of carbonyl (C=O) groups is 2. The zero-order valence-corrected chi connectivity index (χ0v) is 49.1. The smallest absolute Gasteiger partial charge is 0.305 e. The topological polar surface area (TPSA) is 95.9 Å². The largest absolute Gasteiger partial charge is 0.466 e. The molecule has 0 radical (unpaired) electrons. The summed E-state index contributed by atoms with van der Waals surface area (Å²) in [6, 6.07) is -0.547. The van der Waals surface area contributed by atoms with Crippen molar-refractivity contribution >= 4 is 11.9 Å². The third-order valence-corrected chi connectivity index (χ3v) is 15.2.